The Morgan fingerprint density at radius 3 is 2.87 bits per heavy atom. The highest BCUT2D eigenvalue weighted by atomic mass is 127. The number of aliphatic hydroxyl groups is 1. The van der Waals surface area contributed by atoms with Crippen LogP contribution in [0.2, 0.25) is 0 Å². The Morgan fingerprint density at radius 2 is 2.20 bits per heavy atom. The number of aliphatic hydroxyl groups excluding tert-OH is 1. The van der Waals surface area contributed by atoms with E-state index in [2.05, 4.69) is 22.6 Å². The van der Waals surface area contributed by atoms with E-state index in [1.807, 2.05) is 18.2 Å². The summed E-state index contributed by atoms with van der Waals surface area (Å²) in [5, 5.41) is 8.55. The molecule has 0 aliphatic carbocycles. The molecule has 0 spiro atoms. The first-order chi connectivity index (χ1) is 7.22. The molecule has 0 bridgehead atoms. The van der Waals surface area contributed by atoms with E-state index in [0.29, 0.717) is 25.0 Å². The van der Waals surface area contributed by atoms with Crippen molar-refractivity contribution in [3.8, 4) is 5.75 Å². The lowest BCUT2D eigenvalue weighted by Crippen LogP contribution is -2.07. The van der Waals surface area contributed by atoms with Gasteiger partial charge in [-0.1, -0.05) is 6.07 Å². The van der Waals surface area contributed by atoms with Gasteiger partial charge < -0.3 is 9.84 Å². The van der Waals surface area contributed by atoms with Gasteiger partial charge in [0.1, 0.15) is 5.75 Å². The number of carbonyl (C=O) groups excluding carboxylic acids is 1. The number of esters is 1. The number of ether oxygens (including phenoxy) is 1. The maximum atomic E-state index is 11.3. The summed E-state index contributed by atoms with van der Waals surface area (Å²) in [6.07, 6.45) is 1.66. The second-order valence-electron chi connectivity index (χ2n) is 3.11. The van der Waals surface area contributed by atoms with Crippen molar-refractivity contribution in [2.45, 2.75) is 19.3 Å². The number of hydrogen-bond acceptors (Lipinski definition) is 3. The molecule has 0 saturated heterocycles. The highest BCUT2D eigenvalue weighted by molar-refractivity contribution is 14.1. The summed E-state index contributed by atoms with van der Waals surface area (Å²) in [6, 6.07) is 7.35. The van der Waals surface area contributed by atoms with Gasteiger partial charge >= 0.3 is 5.97 Å². The van der Waals surface area contributed by atoms with Gasteiger partial charge in [-0.05, 0) is 53.6 Å². The molecule has 4 heteroatoms. The molecule has 3 nitrogen and oxygen atoms in total. The Morgan fingerprint density at radius 1 is 1.40 bits per heavy atom. The van der Waals surface area contributed by atoms with Crippen LogP contribution in [-0.2, 0) is 4.79 Å². The first kappa shape index (κ1) is 12.4. The number of rotatable bonds is 5. The van der Waals surface area contributed by atoms with Crippen molar-refractivity contribution in [2.75, 3.05) is 6.61 Å². The molecule has 15 heavy (non-hydrogen) atoms. The molecule has 0 unspecified atom stereocenters. The first-order valence-corrected chi connectivity index (χ1v) is 5.87. The third-order valence-electron chi connectivity index (χ3n) is 1.82. The highest BCUT2D eigenvalue weighted by Gasteiger charge is 2.04. The Hall–Kier alpha value is -0.620. The molecular formula is C11H13IO3. The van der Waals surface area contributed by atoms with Gasteiger partial charge in [0.25, 0.3) is 0 Å². The average molecular weight is 320 g/mol. The number of unbranched alkanes of at least 4 members (excludes halogenated alkanes) is 1. The van der Waals surface area contributed by atoms with E-state index in [4.69, 9.17) is 9.84 Å². The highest BCUT2D eigenvalue weighted by Crippen LogP contribution is 2.15. The van der Waals surface area contributed by atoms with Crippen LogP contribution in [0.25, 0.3) is 0 Å². The zero-order chi connectivity index (χ0) is 11.1. The standard InChI is InChI=1S/C11H13IO3/c12-9-4-3-5-10(8-9)15-11(14)6-1-2-7-13/h3-5,8,13H,1-2,6-7H2. The molecule has 1 aromatic carbocycles. The first-order valence-electron chi connectivity index (χ1n) is 4.79. The molecule has 1 rings (SSSR count). The van der Waals surface area contributed by atoms with E-state index >= 15 is 0 Å². The summed E-state index contributed by atoms with van der Waals surface area (Å²) in [6.45, 7) is 0.122. The van der Waals surface area contributed by atoms with E-state index in [1.165, 1.54) is 0 Å². The van der Waals surface area contributed by atoms with Crippen LogP contribution in [0.3, 0.4) is 0 Å². The third-order valence-corrected chi connectivity index (χ3v) is 2.49. The second kappa shape index (κ2) is 6.79. The molecule has 0 saturated carbocycles. The van der Waals surface area contributed by atoms with Crippen molar-refractivity contribution >= 4 is 28.6 Å². The van der Waals surface area contributed by atoms with Crippen LogP contribution in [0.1, 0.15) is 19.3 Å². The maximum absolute atomic E-state index is 11.3. The third kappa shape index (κ3) is 5.13. The zero-order valence-electron chi connectivity index (χ0n) is 8.28. The monoisotopic (exact) mass is 320 g/mol. The molecule has 0 amide bonds. The van der Waals surface area contributed by atoms with Crippen LogP contribution in [-0.4, -0.2) is 17.7 Å². The van der Waals surface area contributed by atoms with Gasteiger partial charge in [-0.2, -0.15) is 0 Å². The van der Waals surface area contributed by atoms with E-state index in [0.717, 1.165) is 3.57 Å². The number of benzene rings is 1. The van der Waals surface area contributed by atoms with Gasteiger partial charge in [0.05, 0.1) is 0 Å². The lowest BCUT2D eigenvalue weighted by atomic mass is 10.2. The van der Waals surface area contributed by atoms with E-state index in [-0.39, 0.29) is 12.6 Å². The smallest absolute Gasteiger partial charge is 0.311 e. The summed E-state index contributed by atoms with van der Waals surface area (Å²) in [7, 11) is 0. The fourth-order valence-corrected chi connectivity index (χ4v) is 1.61. The summed E-state index contributed by atoms with van der Waals surface area (Å²) in [4.78, 5) is 11.3. The predicted octanol–water partition coefficient (Wildman–Crippen LogP) is 2.36. The Balaban J connectivity index is 2.37. The van der Waals surface area contributed by atoms with Crippen LogP contribution in [0.4, 0.5) is 0 Å². The Bertz CT molecular complexity index is 325. The SMILES string of the molecule is O=C(CCCCO)Oc1cccc(I)c1. The largest absolute Gasteiger partial charge is 0.426 e. The average Bonchev–Trinajstić information content (AvgIpc) is 2.18. The van der Waals surface area contributed by atoms with Crippen LogP contribution in [0.15, 0.2) is 24.3 Å². The predicted molar refractivity (Wildman–Crippen MR) is 65.7 cm³/mol. The summed E-state index contributed by atoms with van der Waals surface area (Å²) < 4.78 is 6.15. The fraction of sp³-hybridized carbons (Fsp3) is 0.364. The van der Waals surface area contributed by atoms with Crippen molar-refractivity contribution in [3.63, 3.8) is 0 Å². The normalized spacial score (nSPS) is 10.0. The van der Waals surface area contributed by atoms with Crippen molar-refractivity contribution in [1.82, 2.24) is 0 Å². The minimum absolute atomic E-state index is 0.122. The molecule has 0 atom stereocenters. The van der Waals surface area contributed by atoms with Gasteiger partial charge in [0.15, 0.2) is 0 Å². The topological polar surface area (TPSA) is 46.5 Å². The van der Waals surface area contributed by atoms with E-state index in [1.54, 1.807) is 6.07 Å². The molecule has 1 aromatic rings. The molecule has 0 aliphatic rings. The Labute approximate surface area is 103 Å². The molecule has 0 aliphatic heterocycles. The zero-order valence-corrected chi connectivity index (χ0v) is 10.4. The van der Waals surface area contributed by atoms with Crippen molar-refractivity contribution in [1.29, 1.82) is 0 Å². The molecule has 0 radical (unpaired) electrons. The number of hydrogen-bond donors (Lipinski definition) is 1. The molecule has 0 aromatic heterocycles. The second-order valence-corrected chi connectivity index (χ2v) is 4.36. The lowest BCUT2D eigenvalue weighted by Gasteiger charge is -2.03. The molecule has 1 N–H and O–H groups in total. The number of carbonyl (C=O) groups is 1. The Kier molecular flexibility index (Phi) is 5.63. The van der Waals surface area contributed by atoms with Crippen LogP contribution >= 0.6 is 22.6 Å². The van der Waals surface area contributed by atoms with Gasteiger partial charge in [-0.25, -0.2) is 0 Å². The van der Waals surface area contributed by atoms with Crippen LogP contribution in [0, 0.1) is 3.57 Å². The molecule has 0 heterocycles. The summed E-state index contributed by atoms with van der Waals surface area (Å²) in [5.74, 6) is 0.335. The molecular weight excluding hydrogens is 307 g/mol. The summed E-state index contributed by atoms with van der Waals surface area (Å²) in [5.41, 5.74) is 0. The summed E-state index contributed by atoms with van der Waals surface area (Å²) >= 11 is 2.16. The molecule has 0 fully saturated rings. The maximum Gasteiger partial charge on any atom is 0.311 e. The lowest BCUT2D eigenvalue weighted by molar-refractivity contribution is -0.134. The quantitative estimate of drug-likeness (QED) is 0.392. The minimum Gasteiger partial charge on any atom is -0.426 e. The van der Waals surface area contributed by atoms with E-state index < -0.39 is 0 Å². The van der Waals surface area contributed by atoms with Gasteiger partial charge in [-0.15, -0.1) is 0 Å². The van der Waals surface area contributed by atoms with Gasteiger partial charge in [0, 0.05) is 16.6 Å². The van der Waals surface area contributed by atoms with Crippen molar-refractivity contribution in [2.24, 2.45) is 0 Å². The van der Waals surface area contributed by atoms with E-state index in [9.17, 15) is 4.79 Å². The van der Waals surface area contributed by atoms with Crippen molar-refractivity contribution in [3.05, 3.63) is 27.8 Å². The van der Waals surface area contributed by atoms with Crippen molar-refractivity contribution < 1.29 is 14.6 Å². The van der Waals surface area contributed by atoms with Gasteiger partial charge in [0.2, 0.25) is 0 Å². The molecule has 82 valence electrons. The van der Waals surface area contributed by atoms with Crippen LogP contribution < -0.4 is 4.74 Å². The fourth-order valence-electron chi connectivity index (χ4n) is 1.09. The number of halogens is 1. The van der Waals surface area contributed by atoms with Crippen LogP contribution in [0.5, 0.6) is 5.75 Å². The van der Waals surface area contributed by atoms with Gasteiger partial charge in [-0.3, -0.25) is 4.79 Å². The minimum atomic E-state index is -0.245.